The number of nitrogens with one attached hydrogen (secondary N) is 1. The molecule has 1 aliphatic heterocycles. The molecule has 0 saturated carbocycles. The monoisotopic (exact) mass is 157 g/mol. The lowest BCUT2D eigenvalue weighted by atomic mass is 10.3. The molecule has 1 amide bonds. The molecular formula is C7H15N3O. The van der Waals surface area contributed by atoms with Gasteiger partial charge in [0, 0.05) is 13.1 Å². The lowest BCUT2D eigenvalue weighted by Crippen LogP contribution is -2.47. The Morgan fingerprint density at radius 1 is 1.55 bits per heavy atom. The van der Waals surface area contributed by atoms with Gasteiger partial charge in [-0.05, 0) is 19.8 Å². The maximum atomic E-state index is 11.0. The van der Waals surface area contributed by atoms with Gasteiger partial charge in [-0.3, -0.25) is 10.2 Å². The van der Waals surface area contributed by atoms with Crippen molar-refractivity contribution in [1.82, 2.24) is 10.4 Å². The summed E-state index contributed by atoms with van der Waals surface area (Å²) in [6.45, 7) is 3.60. The third kappa shape index (κ3) is 2.48. The predicted molar refractivity (Wildman–Crippen MR) is 42.6 cm³/mol. The highest BCUT2D eigenvalue weighted by molar-refractivity contribution is 5.80. The van der Waals surface area contributed by atoms with Crippen molar-refractivity contribution < 1.29 is 4.79 Å². The van der Waals surface area contributed by atoms with Gasteiger partial charge in [0.25, 0.3) is 5.91 Å². The topological polar surface area (TPSA) is 58.4 Å². The molecule has 1 fully saturated rings. The first-order chi connectivity index (χ1) is 5.20. The van der Waals surface area contributed by atoms with Crippen LogP contribution in [0.5, 0.6) is 0 Å². The highest BCUT2D eigenvalue weighted by Crippen LogP contribution is 2.03. The minimum atomic E-state index is -0.407. The van der Waals surface area contributed by atoms with Crippen LogP contribution in [0.3, 0.4) is 0 Å². The van der Waals surface area contributed by atoms with Crippen LogP contribution in [-0.4, -0.2) is 30.0 Å². The molecule has 1 unspecified atom stereocenters. The van der Waals surface area contributed by atoms with E-state index in [2.05, 4.69) is 5.43 Å². The van der Waals surface area contributed by atoms with Gasteiger partial charge in [0.2, 0.25) is 0 Å². The average molecular weight is 157 g/mol. The van der Waals surface area contributed by atoms with Crippen LogP contribution >= 0.6 is 0 Å². The first-order valence-corrected chi connectivity index (χ1v) is 4.01. The van der Waals surface area contributed by atoms with Gasteiger partial charge < -0.3 is 5.73 Å². The molecular weight excluding hydrogens is 142 g/mol. The van der Waals surface area contributed by atoms with Gasteiger partial charge in [-0.1, -0.05) is 0 Å². The van der Waals surface area contributed by atoms with Gasteiger partial charge in [-0.15, -0.1) is 0 Å². The van der Waals surface area contributed by atoms with Crippen molar-refractivity contribution in [3.63, 3.8) is 0 Å². The Labute approximate surface area is 66.7 Å². The summed E-state index contributed by atoms with van der Waals surface area (Å²) in [5.74, 6) is -0.0908. The fraction of sp³-hybridized carbons (Fsp3) is 0.857. The fourth-order valence-electron chi connectivity index (χ4n) is 1.09. The summed E-state index contributed by atoms with van der Waals surface area (Å²) in [5, 5.41) is 1.92. The molecule has 1 atom stereocenters. The van der Waals surface area contributed by atoms with Gasteiger partial charge in [-0.25, -0.2) is 5.01 Å². The normalized spacial score (nSPS) is 21.6. The summed E-state index contributed by atoms with van der Waals surface area (Å²) >= 11 is 0. The van der Waals surface area contributed by atoms with E-state index in [-0.39, 0.29) is 5.91 Å². The van der Waals surface area contributed by atoms with Crippen molar-refractivity contribution in [2.75, 3.05) is 13.1 Å². The van der Waals surface area contributed by atoms with Crippen LogP contribution in [-0.2, 0) is 4.79 Å². The van der Waals surface area contributed by atoms with E-state index >= 15 is 0 Å². The molecule has 3 N–H and O–H groups in total. The molecule has 0 aliphatic carbocycles. The van der Waals surface area contributed by atoms with E-state index in [0.717, 1.165) is 13.1 Å². The third-order valence-corrected chi connectivity index (χ3v) is 1.79. The van der Waals surface area contributed by atoms with Gasteiger partial charge in [-0.2, -0.15) is 0 Å². The Morgan fingerprint density at radius 2 is 2.09 bits per heavy atom. The van der Waals surface area contributed by atoms with Crippen molar-refractivity contribution >= 4 is 5.91 Å². The van der Waals surface area contributed by atoms with Gasteiger partial charge in [0.15, 0.2) is 0 Å². The summed E-state index contributed by atoms with van der Waals surface area (Å²) in [5.41, 5.74) is 8.12. The zero-order valence-corrected chi connectivity index (χ0v) is 6.84. The van der Waals surface area contributed by atoms with E-state index in [9.17, 15) is 4.79 Å². The number of nitrogens with two attached hydrogens (primary N) is 1. The van der Waals surface area contributed by atoms with Gasteiger partial charge in [0.1, 0.15) is 0 Å². The molecule has 0 aromatic carbocycles. The Balaban J connectivity index is 2.24. The summed E-state index contributed by atoms with van der Waals surface area (Å²) in [6, 6.07) is -0.407. The van der Waals surface area contributed by atoms with Gasteiger partial charge in [0.05, 0.1) is 6.04 Å². The highest BCUT2D eigenvalue weighted by Gasteiger charge is 2.15. The van der Waals surface area contributed by atoms with E-state index in [0.29, 0.717) is 0 Å². The summed E-state index contributed by atoms with van der Waals surface area (Å²) in [4.78, 5) is 11.0. The number of hydrazine groups is 1. The molecule has 0 aromatic heterocycles. The van der Waals surface area contributed by atoms with E-state index in [1.807, 2.05) is 5.01 Å². The average Bonchev–Trinajstić information content (AvgIpc) is 2.39. The first kappa shape index (κ1) is 8.49. The quantitative estimate of drug-likeness (QED) is 0.566. The second-order valence-corrected chi connectivity index (χ2v) is 2.96. The van der Waals surface area contributed by atoms with E-state index in [1.165, 1.54) is 12.8 Å². The van der Waals surface area contributed by atoms with Crippen molar-refractivity contribution in [2.45, 2.75) is 25.8 Å². The molecule has 0 spiro atoms. The van der Waals surface area contributed by atoms with Crippen molar-refractivity contribution in [3.05, 3.63) is 0 Å². The molecule has 4 nitrogen and oxygen atoms in total. The Kier molecular flexibility index (Phi) is 2.84. The number of carbonyl (C=O) groups excluding carboxylic acids is 1. The van der Waals surface area contributed by atoms with Crippen LogP contribution in [0.15, 0.2) is 0 Å². The van der Waals surface area contributed by atoms with Crippen LogP contribution in [0.4, 0.5) is 0 Å². The molecule has 0 radical (unpaired) electrons. The number of carbonyl (C=O) groups is 1. The highest BCUT2D eigenvalue weighted by atomic mass is 16.2. The van der Waals surface area contributed by atoms with Crippen LogP contribution < -0.4 is 11.2 Å². The molecule has 11 heavy (non-hydrogen) atoms. The van der Waals surface area contributed by atoms with Gasteiger partial charge >= 0.3 is 0 Å². The number of hydrogen-bond donors (Lipinski definition) is 2. The van der Waals surface area contributed by atoms with Crippen LogP contribution in [0, 0.1) is 0 Å². The Hall–Kier alpha value is -0.610. The molecule has 0 bridgehead atoms. The lowest BCUT2D eigenvalue weighted by molar-refractivity contribution is -0.126. The second kappa shape index (κ2) is 3.69. The minimum Gasteiger partial charge on any atom is -0.320 e. The maximum absolute atomic E-state index is 11.0. The van der Waals surface area contributed by atoms with Crippen LogP contribution in [0.2, 0.25) is 0 Å². The summed E-state index contributed by atoms with van der Waals surface area (Å²) < 4.78 is 0. The molecule has 0 aromatic rings. The van der Waals surface area contributed by atoms with E-state index in [1.54, 1.807) is 6.92 Å². The fourth-order valence-corrected chi connectivity index (χ4v) is 1.09. The number of amides is 1. The molecule has 1 heterocycles. The lowest BCUT2D eigenvalue weighted by Gasteiger charge is -2.17. The van der Waals surface area contributed by atoms with Crippen molar-refractivity contribution in [3.8, 4) is 0 Å². The Morgan fingerprint density at radius 3 is 2.55 bits per heavy atom. The first-order valence-electron chi connectivity index (χ1n) is 4.01. The number of nitrogens with zero attached hydrogens (tertiary/aromatic N) is 1. The van der Waals surface area contributed by atoms with Crippen molar-refractivity contribution in [2.24, 2.45) is 5.73 Å². The standard InChI is InChI=1S/C7H15N3O/c1-6(8)7(11)9-10-4-2-3-5-10/h6H,2-5,8H2,1H3,(H,9,11). The van der Waals surface area contributed by atoms with Crippen LogP contribution in [0.25, 0.3) is 0 Å². The zero-order chi connectivity index (χ0) is 8.27. The molecule has 1 rings (SSSR count). The van der Waals surface area contributed by atoms with E-state index < -0.39 is 6.04 Å². The van der Waals surface area contributed by atoms with Crippen LogP contribution in [0.1, 0.15) is 19.8 Å². The maximum Gasteiger partial charge on any atom is 0.250 e. The summed E-state index contributed by atoms with van der Waals surface area (Å²) in [6.07, 6.45) is 2.33. The zero-order valence-electron chi connectivity index (χ0n) is 6.84. The minimum absolute atomic E-state index is 0.0908. The molecule has 1 saturated heterocycles. The largest absolute Gasteiger partial charge is 0.320 e. The molecule has 64 valence electrons. The molecule has 1 aliphatic rings. The smallest absolute Gasteiger partial charge is 0.250 e. The second-order valence-electron chi connectivity index (χ2n) is 2.96. The molecule has 4 heteroatoms. The third-order valence-electron chi connectivity index (χ3n) is 1.79. The summed E-state index contributed by atoms with van der Waals surface area (Å²) in [7, 11) is 0. The number of hydrogen-bond acceptors (Lipinski definition) is 3. The number of rotatable bonds is 2. The van der Waals surface area contributed by atoms with E-state index in [4.69, 9.17) is 5.73 Å². The SMILES string of the molecule is CC(N)C(=O)NN1CCCC1. The van der Waals surface area contributed by atoms with Crippen molar-refractivity contribution in [1.29, 1.82) is 0 Å². The Bertz CT molecular complexity index is 141. The predicted octanol–water partition coefficient (Wildman–Crippen LogP) is -0.539.